The Morgan fingerprint density at radius 1 is 1.10 bits per heavy atom. The number of nitrogens with one attached hydrogen (secondary N) is 1. The van der Waals surface area contributed by atoms with Crippen molar-refractivity contribution < 1.29 is 4.74 Å². The van der Waals surface area contributed by atoms with Crippen LogP contribution < -0.4 is 10.2 Å². The topological polar surface area (TPSA) is 33.6 Å². The van der Waals surface area contributed by atoms with Gasteiger partial charge in [-0.25, -0.2) is 0 Å². The molecule has 0 aromatic heterocycles. The maximum atomic E-state index is 5.82. The van der Waals surface area contributed by atoms with Crippen molar-refractivity contribution in [2.45, 2.75) is 19.8 Å². The second-order valence-corrected chi connectivity index (χ2v) is 5.08. The summed E-state index contributed by atoms with van der Waals surface area (Å²) in [5.41, 5.74) is 4.87. The number of nitrogens with zero attached hydrogens (tertiary/aromatic N) is 1. The van der Waals surface area contributed by atoms with Crippen LogP contribution in [0, 0.1) is 0 Å². The molecule has 0 fully saturated rings. The fourth-order valence-electron chi connectivity index (χ4n) is 1.69. The van der Waals surface area contributed by atoms with E-state index in [2.05, 4.69) is 17.5 Å². The highest BCUT2D eigenvalue weighted by molar-refractivity contribution is 6.30. The summed E-state index contributed by atoms with van der Waals surface area (Å²) in [5, 5.41) is 4.90. The average molecular weight is 303 g/mol. The van der Waals surface area contributed by atoms with Crippen LogP contribution in [0.4, 0.5) is 5.69 Å². The third-order valence-corrected chi connectivity index (χ3v) is 3.15. The van der Waals surface area contributed by atoms with E-state index in [0.29, 0.717) is 5.02 Å². The number of anilines is 1. The molecule has 0 aliphatic heterocycles. The minimum Gasteiger partial charge on any atom is -0.494 e. The third kappa shape index (κ3) is 5.48. The van der Waals surface area contributed by atoms with Crippen molar-refractivity contribution in [3.05, 3.63) is 59.1 Å². The van der Waals surface area contributed by atoms with Crippen molar-refractivity contribution in [3.63, 3.8) is 0 Å². The number of hydrogen-bond acceptors (Lipinski definition) is 3. The normalized spacial score (nSPS) is 10.8. The zero-order valence-corrected chi connectivity index (χ0v) is 12.8. The first-order valence-corrected chi connectivity index (χ1v) is 7.43. The number of unbranched alkanes of at least 4 members (excludes halogenated alkanes) is 1. The summed E-state index contributed by atoms with van der Waals surface area (Å²) in [5.74, 6) is 0.895. The maximum Gasteiger partial charge on any atom is 0.119 e. The molecule has 2 aromatic rings. The Kier molecular flexibility index (Phi) is 6.10. The molecule has 21 heavy (non-hydrogen) atoms. The van der Waals surface area contributed by atoms with Gasteiger partial charge in [0.05, 0.1) is 18.5 Å². The average Bonchev–Trinajstić information content (AvgIpc) is 2.51. The van der Waals surface area contributed by atoms with Crippen LogP contribution in [0.1, 0.15) is 25.3 Å². The van der Waals surface area contributed by atoms with Crippen LogP contribution in [0.2, 0.25) is 5.02 Å². The van der Waals surface area contributed by atoms with E-state index in [0.717, 1.165) is 36.4 Å². The first kappa shape index (κ1) is 15.4. The Bertz CT molecular complexity index is 564. The highest BCUT2D eigenvalue weighted by atomic mass is 35.5. The molecule has 0 heterocycles. The van der Waals surface area contributed by atoms with Crippen LogP contribution in [-0.2, 0) is 0 Å². The lowest BCUT2D eigenvalue weighted by Crippen LogP contribution is -1.96. The molecule has 0 saturated carbocycles. The van der Waals surface area contributed by atoms with Gasteiger partial charge in [-0.3, -0.25) is 5.43 Å². The second kappa shape index (κ2) is 8.32. The van der Waals surface area contributed by atoms with E-state index >= 15 is 0 Å². The lowest BCUT2D eigenvalue weighted by Gasteiger charge is -2.05. The van der Waals surface area contributed by atoms with Crippen LogP contribution in [0.15, 0.2) is 53.6 Å². The molecule has 0 saturated heterocycles. The molecular formula is C17H19ClN2O. The molecule has 4 heteroatoms. The van der Waals surface area contributed by atoms with Crippen LogP contribution in [0.5, 0.6) is 5.75 Å². The van der Waals surface area contributed by atoms with Gasteiger partial charge in [-0.05, 0) is 60.5 Å². The van der Waals surface area contributed by atoms with Crippen molar-refractivity contribution >= 4 is 23.5 Å². The van der Waals surface area contributed by atoms with E-state index in [4.69, 9.17) is 16.3 Å². The standard InChI is InChI=1S/C17H19ClN2O/c1-2-3-12-21-17-10-4-14(5-11-17)13-19-20-16-8-6-15(18)7-9-16/h4-11,13,20H,2-3,12H2,1H3/b19-13+. The van der Waals surface area contributed by atoms with E-state index in [1.54, 1.807) is 6.21 Å². The van der Waals surface area contributed by atoms with E-state index in [9.17, 15) is 0 Å². The minimum atomic E-state index is 0.711. The highest BCUT2D eigenvalue weighted by Crippen LogP contribution is 2.14. The quantitative estimate of drug-likeness (QED) is 0.445. The molecular weight excluding hydrogens is 284 g/mol. The van der Waals surface area contributed by atoms with Gasteiger partial charge in [-0.1, -0.05) is 24.9 Å². The van der Waals surface area contributed by atoms with E-state index in [-0.39, 0.29) is 0 Å². The van der Waals surface area contributed by atoms with Gasteiger partial charge < -0.3 is 4.74 Å². The fourth-order valence-corrected chi connectivity index (χ4v) is 1.82. The van der Waals surface area contributed by atoms with Crippen LogP contribution in [0.25, 0.3) is 0 Å². The van der Waals surface area contributed by atoms with Crippen LogP contribution >= 0.6 is 11.6 Å². The minimum absolute atomic E-state index is 0.711. The monoisotopic (exact) mass is 302 g/mol. The SMILES string of the molecule is CCCCOc1ccc(/C=N/Nc2ccc(Cl)cc2)cc1. The zero-order valence-electron chi connectivity index (χ0n) is 12.1. The Hall–Kier alpha value is -2.00. The number of halogens is 1. The predicted molar refractivity (Wildman–Crippen MR) is 89.5 cm³/mol. The molecule has 0 radical (unpaired) electrons. The Morgan fingerprint density at radius 2 is 1.81 bits per heavy atom. The number of benzene rings is 2. The summed E-state index contributed by atoms with van der Waals surface area (Å²) in [6.07, 6.45) is 3.99. The largest absolute Gasteiger partial charge is 0.494 e. The van der Waals surface area contributed by atoms with Gasteiger partial charge in [0, 0.05) is 5.02 Å². The van der Waals surface area contributed by atoms with Crippen molar-refractivity contribution in [2.75, 3.05) is 12.0 Å². The number of rotatable bonds is 7. The van der Waals surface area contributed by atoms with Crippen molar-refractivity contribution in [1.29, 1.82) is 0 Å². The van der Waals surface area contributed by atoms with E-state index in [1.807, 2.05) is 48.5 Å². The van der Waals surface area contributed by atoms with Gasteiger partial charge in [-0.2, -0.15) is 5.10 Å². The molecule has 110 valence electrons. The maximum absolute atomic E-state index is 5.82. The summed E-state index contributed by atoms with van der Waals surface area (Å²) < 4.78 is 5.61. The van der Waals surface area contributed by atoms with Gasteiger partial charge in [0.1, 0.15) is 5.75 Å². The second-order valence-electron chi connectivity index (χ2n) is 4.65. The van der Waals surface area contributed by atoms with Crippen molar-refractivity contribution in [2.24, 2.45) is 5.10 Å². The molecule has 0 aliphatic carbocycles. The molecule has 1 N–H and O–H groups in total. The van der Waals surface area contributed by atoms with Crippen LogP contribution in [-0.4, -0.2) is 12.8 Å². The van der Waals surface area contributed by atoms with Gasteiger partial charge in [-0.15, -0.1) is 0 Å². The van der Waals surface area contributed by atoms with Gasteiger partial charge in [0.15, 0.2) is 0 Å². The first-order chi connectivity index (χ1) is 10.3. The fraction of sp³-hybridized carbons (Fsp3) is 0.235. The molecule has 2 rings (SSSR count). The molecule has 0 unspecified atom stereocenters. The molecule has 2 aromatic carbocycles. The first-order valence-electron chi connectivity index (χ1n) is 7.05. The molecule has 0 bridgehead atoms. The van der Waals surface area contributed by atoms with Crippen molar-refractivity contribution in [1.82, 2.24) is 0 Å². The lowest BCUT2D eigenvalue weighted by atomic mass is 10.2. The molecule has 3 nitrogen and oxygen atoms in total. The van der Waals surface area contributed by atoms with Crippen LogP contribution in [0.3, 0.4) is 0 Å². The Balaban J connectivity index is 1.84. The lowest BCUT2D eigenvalue weighted by molar-refractivity contribution is 0.309. The predicted octanol–water partition coefficient (Wildman–Crippen LogP) is 4.96. The van der Waals surface area contributed by atoms with Gasteiger partial charge in [0.25, 0.3) is 0 Å². The number of hydrogen-bond donors (Lipinski definition) is 1. The third-order valence-electron chi connectivity index (χ3n) is 2.90. The molecule has 0 spiro atoms. The Labute approximate surface area is 130 Å². The van der Waals surface area contributed by atoms with Gasteiger partial charge >= 0.3 is 0 Å². The smallest absolute Gasteiger partial charge is 0.119 e. The molecule has 0 amide bonds. The summed E-state index contributed by atoms with van der Waals surface area (Å²) in [7, 11) is 0. The van der Waals surface area contributed by atoms with E-state index < -0.39 is 0 Å². The highest BCUT2D eigenvalue weighted by Gasteiger charge is 1.94. The van der Waals surface area contributed by atoms with Gasteiger partial charge in [0.2, 0.25) is 0 Å². The zero-order chi connectivity index (χ0) is 14.9. The van der Waals surface area contributed by atoms with E-state index in [1.165, 1.54) is 0 Å². The molecule has 0 aliphatic rings. The number of hydrazone groups is 1. The summed E-state index contributed by atoms with van der Waals surface area (Å²) in [6, 6.07) is 15.3. The van der Waals surface area contributed by atoms with Crippen molar-refractivity contribution in [3.8, 4) is 5.75 Å². The number of ether oxygens (including phenoxy) is 1. The molecule has 0 atom stereocenters. The summed E-state index contributed by atoms with van der Waals surface area (Å²) in [6.45, 7) is 2.92. The summed E-state index contributed by atoms with van der Waals surface area (Å²) in [4.78, 5) is 0. The Morgan fingerprint density at radius 3 is 2.48 bits per heavy atom. The summed E-state index contributed by atoms with van der Waals surface area (Å²) >= 11 is 5.82.